The molecular weight excluding hydrogens is 311 g/mol. The molecule has 1 aromatic carbocycles. The summed E-state index contributed by atoms with van der Waals surface area (Å²) in [4.78, 5) is 24.5. The molecule has 1 aliphatic rings. The van der Waals surface area contributed by atoms with Crippen LogP contribution in [0.3, 0.4) is 0 Å². The molecule has 1 aliphatic carbocycles. The number of carbonyl (C=O) groups excluding carboxylic acids is 1. The lowest BCUT2D eigenvalue weighted by Gasteiger charge is -2.24. The van der Waals surface area contributed by atoms with E-state index in [1.54, 1.807) is 0 Å². The average molecular weight is 327 g/mol. The Labute approximate surface area is 131 Å². The van der Waals surface area contributed by atoms with E-state index in [1.807, 2.05) is 12.2 Å². The lowest BCUT2D eigenvalue weighted by atomic mass is 10.0. The molecule has 0 radical (unpaired) electrons. The molecule has 0 unspecified atom stereocenters. The fourth-order valence-electron chi connectivity index (χ4n) is 2.47. The van der Waals surface area contributed by atoms with Crippen LogP contribution in [0.4, 0.5) is 13.2 Å². The Kier molecular flexibility index (Phi) is 5.08. The van der Waals surface area contributed by atoms with E-state index in [9.17, 15) is 22.8 Å². The normalized spacial score (nSPS) is 14.9. The zero-order valence-electron chi connectivity index (χ0n) is 12.2. The number of carboxylic acids is 1. The van der Waals surface area contributed by atoms with Gasteiger partial charge in [-0.15, -0.1) is 0 Å². The minimum Gasteiger partial charge on any atom is -0.480 e. The molecule has 0 saturated heterocycles. The molecule has 0 aliphatic heterocycles. The van der Waals surface area contributed by atoms with Crippen molar-refractivity contribution < 1.29 is 27.9 Å². The van der Waals surface area contributed by atoms with Crippen molar-refractivity contribution in [3.05, 3.63) is 47.5 Å². The third kappa shape index (κ3) is 4.58. The van der Waals surface area contributed by atoms with E-state index in [0.29, 0.717) is 18.4 Å². The lowest BCUT2D eigenvalue weighted by molar-refractivity contribution is -0.146. The number of rotatable bonds is 5. The minimum absolute atomic E-state index is 0.0280. The summed E-state index contributed by atoms with van der Waals surface area (Å²) in [5.74, 6) is -1.74. The van der Waals surface area contributed by atoms with Crippen LogP contribution in [0.5, 0.6) is 0 Å². The molecule has 0 atom stereocenters. The maximum absolute atomic E-state index is 12.5. The fraction of sp³-hybridized carbons (Fsp3) is 0.375. The predicted molar refractivity (Wildman–Crippen MR) is 76.4 cm³/mol. The highest BCUT2D eigenvalue weighted by atomic mass is 19.4. The number of allylic oxidation sites excluding steroid dienone is 2. The number of carboxylic acid groups (broad SMARTS) is 1. The first-order valence-electron chi connectivity index (χ1n) is 7.09. The van der Waals surface area contributed by atoms with E-state index in [-0.39, 0.29) is 18.4 Å². The molecule has 23 heavy (non-hydrogen) atoms. The van der Waals surface area contributed by atoms with Gasteiger partial charge in [0.1, 0.15) is 6.54 Å². The molecule has 0 spiro atoms. The third-order valence-electron chi connectivity index (χ3n) is 3.65. The summed E-state index contributed by atoms with van der Waals surface area (Å²) in [5.41, 5.74) is -0.323. The van der Waals surface area contributed by atoms with Gasteiger partial charge in [0.25, 0.3) is 0 Å². The monoisotopic (exact) mass is 327 g/mol. The number of amides is 1. The van der Waals surface area contributed by atoms with E-state index in [0.717, 1.165) is 12.1 Å². The van der Waals surface area contributed by atoms with Gasteiger partial charge in [-0.05, 0) is 30.5 Å². The number of nitrogens with zero attached hydrogens (tertiary/aromatic N) is 1. The van der Waals surface area contributed by atoms with E-state index >= 15 is 0 Å². The van der Waals surface area contributed by atoms with Gasteiger partial charge in [0.15, 0.2) is 0 Å². The van der Waals surface area contributed by atoms with Crippen LogP contribution in [0, 0.1) is 5.92 Å². The Morgan fingerprint density at radius 2 is 1.70 bits per heavy atom. The number of hydrogen-bond acceptors (Lipinski definition) is 2. The summed E-state index contributed by atoms with van der Waals surface area (Å²) >= 11 is 0. The second kappa shape index (κ2) is 6.85. The van der Waals surface area contributed by atoms with Crippen LogP contribution in [-0.2, 0) is 22.3 Å². The quantitative estimate of drug-likeness (QED) is 0.846. The molecule has 124 valence electrons. The summed E-state index contributed by atoms with van der Waals surface area (Å²) in [6, 6.07) is 4.38. The van der Waals surface area contributed by atoms with Crippen LogP contribution >= 0.6 is 0 Å². The number of carbonyl (C=O) groups is 2. The van der Waals surface area contributed by atoms with Gasteiger partial charge in [-0.1, -0.05) is 24.3 Å². The Morgan fingerprint density at radius 3 is 2.17 bits per heavy atom. The van der Waals surface area contributed by atoms with E-state index in [4.69, 9.17) is 5.11 Å². The minimum atomic E-state index is -4.43. The second-order valence-corrected chi connectivity index (χ2v) is 5.42. The highest BCUT2D eigenvalue weighted by molar-refractivity contribution is 5.83. The first-order chi connectivity index (χ1) is 10.8. The van der Waals surface area contributed by atoms with Crippen molar-refractivity contribution in [2.75, 3.05) is 6.54 Å². The van der Waals surface area contributed by atoms with Crippen molar-refractivity contribution in [3.63, 3.8) is 0 Å². The number of halogens is 3. The summed E-state index contributed by atoms with van der Waals surface area (Å²) in [5, 5.41) is 8.95. The zero-order valence-corrected chi connectivity index (χ0v) is 12.2. The van der Waals surface area contributed by atoms with Crippen LogP contribution in [0.1, 0.15) is 24.0 Å². The first-order valence-corrected chi connectivity index (χ1v) is 7.09. The fourth-order valence-corrected chi connectivity index (χ4v) is 2.47. The standard InChI is InChI=1S/C16H16F3NO3/c17-16(18,19)13-7-5-11(6-8-13)9-20(10-14(21)22)15(23)12-3-1-2-4-12/h1-2,5-8,12H,3-4,9-10H2,(H,21,22). The molecule has 0 fully saturated rings. The molecule has 7 heteroatoms. The van der Waals surface area contributed by atoms with Crippen LogP contribution in [0.15, 0.2) is 36.4 Å². The average Bonchev–Trinajstić information content (AvgIpc) is 2.99. The van der Waals surface area contributed by atoms with Crippen molar-refractivity contribution in [1.82, 2.24) is 4.90 Å². The first kappa shape index (κ1) is 17.1. The number of benzene rings is 1. The SMILES string of the molecule is O=C(O)CN(Cc1ccc(C(F)(F)F)cc1)C(=O)C1CC=CC1. The van der Waals surface area contributed by atoms with E-state index in [2.05, 4.69) is 0 Å². The smallest absolute Gasteiger partial charge is 0.416 e. The van der Waals surface area contributed by atoms with Crippen molar-refractivity contribution >= 4 is 11.9 Å². The number of aliphatic carboxylic acids is 1. The third-order valence-corrected chi connectivity index (χ3v) is 3.65. The molecule has 0 aromatic heterocycles. The summed E-state index contributed by atoms with van der Waals surface area (Å²) in [7, 11) is 0. The van der Waals surface area contributed by atoms with E-state index < -0.39 is 24.3 Å². The highest BCUT2D eigenvalue weighted by Gasteiger charge is 2.30. The van der Waals surface area contributed by atoms with Crippen LogP contribution in [0.25, 0.3) is 0 Å². The second-order valence-electron chi connectivity index (χ2n) is 5.42. The van der Waals surface area contributed by atoms with Crippen LogP contribution < -0.4 is 0 Å². The highest BCUT2D eigenvalue weighted by Crippen LogP contribution is 2.29. The van der Waals surface area contributed by atoms with Gasteiger partial charge in [-0.25, -0.2) is 0 Å². The summed E-state index contributed by atoms with van der Waals surface area (Å²) in [6.07, 6.45) is 0.411. The maximum atomic E-state index is 12.5. The lowest BCUT2D eigenvalue weighted by Crippen LogP contribution is -2.38. The van der Waals surface area contributed by atoms with Gasteiger partial charge in [0.05, 0.1) is 5.56 Å². The molecule has 0 bridgehead atoms. The van der Waals surface area contributed by atoms with Gasteiger partial charge >= 0.3 is 12.1 Å². The molecule has 0 saturated carbocycles. The van der Waals surface area contributed by atoms with Crippen molar-refractivity contribution in [2.24, 2.45) is 5.92 Å². The van der Waals surface area contributed by atoms with Crippen LogP contribution in [0.2, 0.25) is 0 Å². The molecular formula is C16H16F3NO3. The number of alkyl halides is 3. The Hall–Kier alpha value is -2.31. The largest absolute Gasteiger partial charge is 0.480 e. The van der Waals surface area contributed by atoms with Crippen molar-refractivity contribution in [2.45, 2.75) is 25.6 Å². The zero-order chi connectivity index (χ0) is 17.0. The van der Waals surface area contributed by atoms with Gasteiger partial charge in [0, 0.05) is 12.5 Å². The molecule has 1 aromatic rings. The molecule has 0 heterocycles. The summed E-state index contributed by atoms with van der Waals surface area (Å²) < 4.78 is 37.6. The summed E-state index contributed by atoms with van der Waals surface area (Å²) in [6.45, 7) is -0.504. The predicted octanol–water partition coefficient (Wildman–Crippen LogP) is 3.08. The van der Waals surface area contributed by atoms with Gasteiger partial charge in [-0.2, -0.15) is 13.2 Å². The molecule has 1 amide bonds. The Morgan fingerprint density at radius 1 is 1.13 bits per heavy atom. The Bertz CT molecular complexity index is 600. The Balaban J connectivity index is 2.10. The van der Waals surface area contributed by atoms with Gasteiger partial charge < -0.3 is 10.0 Å². The number of hydrogen-bond donors (Lipinski definition) is 1. The van der Waals surface area contributed by atoms with Gasteiger partial charge in [-0.3, -0.25) is 9.59 Å². The van der Waals surface area contributed by atoms with Crippen LogP contribution in [-0.4, -0.2) is 28.4 Å². The van der Waals surface area contributed by atoms with Crippen molar-refractivity contribution in [3.8, 4) is 0 Å². The maximum Gasteiger partial charge on any atom is 0.416 e. The molecule has 2 rings (SSSR count). The van der Waals surface area contributed by atoms with E-state index in [1.165, 1.54) is 17.0 Å². The van der Waals surface area contributed by atoms with Gasteiger partial charge in [0.2, 0.25) is 5.91 Å². The molecule has 4 nitrogen and oxygen atoms in total. The van der Waals surface area contributed by atoms with Crippen molar-refractivity contribution in [1.29, 1.82) is 0 Å². The topological polar surface area (TPSA) is 57.6 Å². The molecule has 1 N–H and O–H groups in total.